The van der Waals surface area contributed by atoms with Crippen LogP contribution in [0.1, 0.15) is 32.6 Å². The Morgan fingerprint density at radius 1 is 1.33 bits per heavy atom. The number of rotatable bonds is 7. The molecule has 3 nitrogen and oxygen atoms in total. The first-order valence-corrected chi connectivity index (χ1v) is 6.31. The normalized spacial score (nSPS) is 19.6. The molecule has 1 aliphatic heterocycles. The molecule has 0 amide bonds. The zero-order valence-electron chi connectivity index (χ0n) is 10.3. The minimum absolute atomic E-state index is 0.745. The minimum atomic E-state index is 0.745. The molecule has 0 aromatic carbocycles. The monoisotopic (exact) mass is 214 g/mol. The Bertz CT molecular complexity index is 142. The van der Waals surface area contributed by atoms with Crippen LogP contribution in [-0.2, 0) is 4.74 Å². The molecule has 0 atom stereocenters. The minimum Gasteiger partial charge on any atom is -0.385 e. The van der Waals surface area contributed by atoms with Gasteiger partial charge in [-0.2, -0.15) is 0 Å². The number of nitrogens with one attached hydrogen (secondary N) is 1. The van der Waals surface area contributed by atoms with Gasteiger partial charge in [0.2, 0.25) is 0 Å². The van der Waals surface area contributed by atoms with E-state index in [-0.39, 0.29) is 0 Å². The average molecular weight is 214 g/mol. The Balaban J connectivity index is 1.99. The summed E-state index contributed by atoms with van der Waals surface area (Å²) >= 11 is 0. The summed E-state index contributed by atoms with van der Waals surface area (Å²) in [6, 6.07) is 0.745. The molecule has 0 bridgehead atoms. The van der Waals surface area contributed by atoms with Gasteiger partial charge >= 0.3 is 0 Å². The van der Waals surface area contributed by atoms with E-state index in [1.807, 2.05) is 0 Å². The van der Waals surface area contributed by atoms with Crippen molar-refractivity contribution in [2.24, 2.45) is 0 Å². The molecule has 0 aromatic heterocycles. The van der Waals surface area contributed by atoms with Crippen LogP contribution in [0.2, 0.25) is 0 Å². The molecule has 90 valence electrons. The van der Waals surface area contributed by atoms with E-state index in [4.69, 9.17) is 4.74 Å². The van der Waals surface area contributed by atoms with Gasteiger partial charge in [0.1, 0.15) is 0 Å². The van der Waals surface area contributed by atoms with Crippen molar-refractivity contribution in [3.8, 4) is 0 Å². The first-order chi connectivity index (χ1) is 7.36. The second-order valence-corrected chi connectivity index (χ2v) is 4.42. The number of nitrogens with zero attached hydrogens (tertiary/aromatic N) is 1. The lowest BCUT2D eigenvalue weighted by Crippen LogP contribution is -2.43. The average Bonchev–Trinajstić information content (AvgIpc) is 2.27. The maximum absolute atomic E-state index is 5.03. The lowest BCUT2D eigenvalue weighted by molar-refractivity contribution is 0.180. The van der Waals surface area contributed by atoms with E-state index in [9.17, 15) is 0 Å². The molecule has 0 aliphatic carbocycles. The van der Waals surface area contributed by atoms with E-state index in [1.54, 1.807) is 7.11 Å². The predicted octanol–water partition coefficient (Wildman–Crippen LogP) is 1.49. The number of hydrogen-bond donors (Lipinski definition) is 1. The van der Waals surface area contributed by atoms with Crippen molar-refractivity contribution in [1.82, 2.24) is 10.2 Å². The third-order valence-electron chi connectivity index (χ3n) is 3.09. The summed E-state index contributed by atoms with van der Waals surface area (Å²) in [5, 5.41) is 3.61. The van der Waals surface area contributed by atoms with Crippen LogP contribution in [0.15, 0.2) is 0 Å². The standard InChI is InChI=1S/C12H26N2O/c1-3-8-14-9-5-12(6-10-14)13-7-4-11-15-2/h12-13H,3-11H2,1-2H3. The molecule has 0 radical (unpaired) electrons. The molecule has 1 aliphatic rings. The lowest BCUT2D eigenvalue weighted by Gasteiger charge is -2.32. The van der Waals surface area contributed by atoms with Crippen molar-refractivity contribution in [2.45, 2.75) is 38.6 Å². The molecule has 1 heterocycles. The van der Waals surface area contributed by atoms with Crippen LogP contribution in [0.3, 0.4) is 0 Å². The Hall–Kier alpha value is -0.120. The molecule has 0 spiro atoms. The highest BCUT2D eigenvalue weighted by molar-refractivity contribution is 4.76. The van der Waals surface area contributed by atoms with Crippen LogP contribution < -0.4 is 5.32 Å². The molecule has 1 fully saturated rings. The van der Waals surface area contributed by atoms with Crippen LogP contribution in [0.4, 0.5) is 0 Å². The lowest BCUT2D eigenvalue weighted by atomic mass is 10.0. The van der Waals surface area contributed by atoms with Gasteiger partial charge in [-0.1, -0.05) is 6.92 Å². The van der Waals surface area contributed by atoms with Crippen molar-refractivity contribution in [2.75, 3.05) is 39.9 Å². The van der Waals surface area contributed by atoms with Gasteiger partial charge in [-0.15, -0.1) is 0 Å². The molecule has 1 N–H and O–H groups in total. The fourth-order valence-corrected chi connectivity index (χ4v) is 2.20. The van der Waals surface area contributed by atoms with E-state index in [0.29, 0.717) is 0 Å². The topological polar surface area (TPSA) is 24.5 Å². The first-order valence-electron chi connectivity index (χ1n) is 6.31. The van der Waals surface area contributed by atoms with E-state index < -0.39 is 0 Å². The summed E-state index contributed by atoms with van der Waals surface area (Å²) in [6.45, 7) is 8.06. The van der Waals surface area contributed by atoms with Crippen LogP contribution in [0.25, 0.3) is 0 Å². The number of ether oxygens (including phenoxy) is 1. The number of hydrogen-bond acceptors (Lipinski definition) is 3. The molecule has 15 heavy (non-hydrogen) atoms. The Labute approximate surface area is 94.2 Å². The van der Waals surface area contributed by atoms with E-state index >= 15 is 0 Å². The summed E-state index contributed by atoms with van der Waals surface area (Å²) in [4.78, 5) is 2.58. The van der Waals surface area contributed by atoms with E-state index in [0.717, 1.165) is 25.6 Å². The smallest absolute Gasteiger partial charge is 0.0474 e. The zero-order chi connectivity index (χ0) is 10.9. The van der Waals surface area contributed by atoms with Gasteiger partial charge in [0.25, 0.3) is 0 Å². The van der Waals surface area contributed by atoms with Gasteiger partial charge in [0, 0.05) is 19.8 Å². The molecular formula is C12H26N2O. The molecule has 0 saturated carbocycles. The summed E-state index contributed by atoms with van der Waals surface area (Å²) in [5.74, 6) is 0. The quantitative estimate of drug-likeness (QED) is 0.650. The van der Waals surface area contributed by atoms with Gasteiger partial charge < -0.3 is 15.0 Å². The summed E-state index contributed by atoms with van der Waals surface area (Å²) in [5.41, 5.74) is 0. The predicted molar refractivity (Wildman–Crippen MR) is 64.2 cm³/mol. The van der Waals surface area contributed by atoms with Crippen molar-refractivity contribution in [3.63, 3.8) is 0 Å². The third-order valence-corrected chi connectivity index (χ3v) is 3.09. The second-order valence-electron chi connectivity index (χ2n) is 4.42. The first kappa shape index (κ1) is 12.9. The van der Waals surface area contributed by atoms with Gasteiger partial charge in [-0.25, -0.2) is 0 Å². The van der Waals surface area contributed by atoms with Gasteiger partial charge in [0.15, 0.2) is 0 Å². The van der Waals surface area contributed by atoms with Crippen LogP contribution in [-0.4, -0.2) is 50.8 Å². The van der Waals surface area contributed by atoms with Gasteiger partial charge in [-0.3, -0.25) is 0 Å². The Morgan fingerprint density at radius 2 is 2.07 bits per heavy atom. The van der Waals surface area contributed by atoms with E-state index in [1.165, 1.54) is 38.9 Å². The van der Waals surface area contributed by atoms with Crippen molar-refractivity contribution in [1.29, 1.82) is 0 Å². The van der Waals surface area contributed by atoms with Crippen LogP contribution in [0, 0.1) is 0 Å². The molecule has 3 heteroatoms. The second kappa shape index (κ2) is 8.08. The third kappa shape index (κ3) is 5.50. The van der Waals surface area contributed by atoms with Gasteiger partial charge in [0.05, 0.1) is 0 Å². The highest BCUT2D eigenvalue weighted by Crippen LogP contribution is 2.10. The Kier molecular flexibility index (Phi) is 6.98. The molecule has 1 rings (SSSR count). The fraction of sp³-hybridized carbons (Fsp3) is 1.00. The number of piperidine rings is 1. The number of likely N-dealkylation sites (tertiary alicyclic amines) is 1. The SMILES string of the molecule is CCCN1CCC(NCCCOC)CC1. The zero-order valence-corrected chi connectivity index (χ0v) is 10.3. The summed E-state index contributed by atoms with van der Waals surface area (Å²) in [7, 11) is 1.77. The molecule has 1 saturated heterocycles. The highest BCUT2D eigenvalue weighted by atomic mass is 16.5. The van der Waals surface area contributed by atoms with Crippen molar-refractivity contribution in [3.05, 3.63) is 0 Å². The molecule has 0 unspecified atom stereocenters. The number of methoxy groups -OCH3 is 1. The van der Waals surface area contributed by atoms with E-state index in [2.05, 4.69) is 17.1 Å². The highest BCUT2D eigenvalue weighted by Gasteiger charge is 2.17. The van der Waals surface area contributed by atoms with Crippen LogP contribution in [0.5, 0.6) is 0 Å². The van der Waals surface area contributed by atoms with Gasteiger partial charge in [-0.05, 0) is 51.9 Å². The van der Waals surface area contributed by atoms with Crippen molar-refractivity contribution >= 4 is 0 Å². The maximum atomic E-state index is 5.03. The van der Waals surface area contributed by atoms with Crippen LogP contribution >= 0.6 is 0 Å². The largest absolute Gasteiger partial charge is 0.385 e. The Morgan fingerprint density at radius 3 is 2.67 bits per heavy atom. The van der Waals surface area contributed by atoms with Crippen molar-refractivity contribution < 1.29 is 4.74 Å². The maximum Gasteiger partial charge on any atom is 0.0474 e. The molecular weight excluding hydrogens is 188 g/mol. The summed E-state index contributed by atoms with van der Waals surface area (Å²) in [6.07, 6.45) is 5.04. The fourth-order valence-electron chi connectivity index (χ4n) is 2.20. The molecule has 0 aromatic rings. The summed E-state index contributed by atoms with van der Waals surface area (Å²) < 4.78 is 5.03.